The van der Waals surface area contributed by atoms with Crippen LogP contribution < -0.4 is 5.32 Å². The van der Waals surface area contributed by atoms with Crippen molar-refractivity contribution in [1.82, 2.24) is 4.90 Å². The van der Waals surface area contributed by atoms with Crippen LogP contribution in [0.15, 0.2) is 36.4 Å². The number of hydrogen-bond donors (Lipinski definition) is 1. The number of fused-ring (bicyclic) bond motifs is 5. The molecule has 0 spiro atoms. The molecule has 1 aromatic carbocycles. The molecule has 4 nitrogen and oxygen atoms in total. The van der Waals surface area contributed by atoms with E-state index >= 15 is 0 Å². The first-order chi connectivity index (χ1) is 10.1. The Kier molecular flexibility index (Phi) is 2.82. The average Bonchev–Trinajstić information content (AvgIpc) is 3.14. The summed E-state index contributed by atoms with van der Waals surface area (Å²) in [6.07, 6.45) is 5.17. The van der Waals surface area contributed by atoms with Crippen molar-refractivity contribution in [1.29, 1.82) is 0 Å². The zero-order valence-electron chi connectivity index (χ0n) is 11.3. The predicted molar refractivity (Wildman–Crippen MR) is 79.5 cm³/mol. The lowest BCUT2D eigenvalue weighted by Gasteiger charge is -2.18. The van der Waals surface area contributed by atoms with Crippen LogP contribution in [-0.2, 0) is 9.59 Å². The Labute approximate surface area is 127 Å². The van der Waals surface area contributed by atoms with Crippen LogP contribution in [0.25, 0.3) is 0 Å². The second-order valence-corrected chi connectivity index (χ2v) is 6.38. The number of benzene rings is 1. The third kappa shape index (κ3) is 1.89. The molecule has 0 aromatic heterocycles. The number of allylic oxidation sites excluding steroid dienone is 2. The van der Waals surface area contributed by atoms with Gasteiger partial charge < -0.3 is 5.32 Å². The molecule has 1 N–H and O–H groups in total. The van der Waals surface area contributed by atoms with E-state index in [9.17, 15) is 9.59 Å². The normalized spacial score (nSPS) is 32.9. The minimum atomic E-state index is -0.125. The maximum atomic E-state index is 12.5. The number of nitrogens with zero attached hydrogens (tertiary/aromatic N) is 1. The fourth-order valence-corrected chi connectivity index (χ4v) is 3.98. The van der Waals surface area contributed by atoms with E-state index < -0.39 is 0 Å². The van der Waals surface area contributed by atoms with E-state index in [4.69, 9.17) is 11.6 Å². The Morgan fingerprint density at radius 3 is 2.19 bits per heavy atom. The highest BCUT2D eigenvalue weighted by Gasteiger charge is 2.59. The van der Waals surface area contributed by atoms with Crippen LogP contribution in [0.4, 0.5) is 5.69 Å². The maximum absolute atomic E-state index is 12.5. The highest BCUT2D eigenvalue weighted by Crippen LogP contribution is 2.52. The highest BCUT2D eigenvalue weighted by molar-refractivity contribution is 6.30. The number of rotatable bonds is 3. The lowest BCUT2D eigenvalue weighted by Crippen LogP contribution is -2.37. The van der Waals surface area contributed by atoms with E-state index in [2.05, 4.69) is 17.5 Å². The molecule has 4 atom stereocenters. The van der Waals surface area contributed by atoms with Crippen LogP contribution in [0.2, 0.25) is 5.02 Å². The molecule has 2 fully saturated rings. The first-order valence-electron chi connectivity index (χ1n) is 7.18. The van der Waals surface area contributed by atoms with Crippen molar-refractivity contribution < 1.29 is 9.59 Å². The summed E-state index contributed by atoms with van der Waals surface area (Å²) in [5, 5.41) is 3.78. The molecule has 1 saturated heterocycles. The molecule has 1 aliphatic heterocycles. The van der Waals surface area contributed by atoms with Gasteiger partial charge in [0.1, 0.15) is 0 Å². The molecule has 2 aliphatic carbocycles. The molecule has 4 rings (SSSR count). The fourth-order valence-electron chi connectivity index (χ4n) is 3.86. The Morgan fingerprint density at radius 1 is 1.05 bits per heavy atom. The zero-order chi connectivity index (χ0) is 14.6. The van der Waals surface area contributed by atoms with Gasteiger partial charge in [0, 0.05) is 10.7 Å². The van der Waals surface area contributed by atoms with Crippen molar-refractivity contribution >= 4 is 29.1 Å². The van der Waals surface area contributed by atoms with Crippen LogP contribution in [0.5, 0.6) is 0 Å². The van der Waals surface area contributed by atoms with E-state index in [1.165, 1.54) is 4.90 Å². The molecular weight excluding hydrogens is 288 g/mol. The van der Waals surface area contributed by atoms with Gasteiger partial charge >= 0.3 is 0 Å². The highest BCUT2D eigenvalue weighted by atomic mass is 35.5. The van der Waals surface area contributed by atoms with Crippen LogP contribution in [-0.4, -0.2) is 23.4 Å². The van der Waals surface area contributed by atoms with Gasteiger partial charge in [0.15, 0.2) is 0 Å². The summed E-state index contributed by atoms with van der Waals surface area (Å²) < 4.78 is 0. The Balaban J connectivity index is 1.48. The van der Waals surface area contributed by atoms with E-state index in [0.717, 1.165) is 12.1 Å². The fraction of sp³-hybridized carbons (Fsp3) is 0.375. The first kappa shape index (κ1) is 12.9. The van der Waals surface area contributed by atoms with Gasteiger partial charge in [0.2, 0.25) is 11.8 Å². The molecule has 21 heavy (non-hydrogen) atoms. The molecule has 1 saturated carbocycles. The van der Waals surface area contributed by atoms with Gasteiger partial charge in [-0.2, -0.15) is 0 Å². The number of nitrogens with one attached hydrogen (secondary N) is 1. The third-order valence-electron chi connectivity index (χ3n) is 4.85. The second-order valence-electron chi connectivity index (χ2n) is 5.95. The molecule has 0 radical (unpaired) electrons. The summed E-state index contributed by atoms with van der Waals surface area (Å²) in [6, 6.07) is 7.21. The standard InChI is InChI=1S/C16H15ClN2O2/c17-11-3-5-12(6-4-11)18-8-19-15(20)13-9-1-2-10(7-9)14(13)16(19)21/h1-6,9-10,13-14,18H,7-8H2/t9-,10-,13+,14+/m0/s1. The summed E-state index contributed by atoms with van der Waals surface area (Å²) in [7, 11) is 0. The summed E-state index contributed by atoms with van der Waals surface area (Å²) in [5.74, 6) is 0.222. The smallest absolute Gasteiger partial charge is 0.235 e. The molecule has 5 heteroatoms. The van der Waals surface area contributed by atoms with Gasteiger partial charge in [-0.25, -0.2) is 0 Å². The number of amides is 2. The van der Waals surface area contributed by atoms with E-state index in [1.807, 2.05) is 12.1 Å². The number of likely N-dealkylation sites (tertiary alicyclic amines) is 1. The van der Waals surface area contributed by atoms with E-state index in [0.29, 0.717) is 5.02 Å². The minimum absolute atomic E-state index is 0.0247. The molecule has 2 amide bonds. The van der Waals surface area contributed by atoms with Gasteiger partial charge in [-0.15, -0.1) is 0 Å². The number of imide groups is 1. The molecule has 1 heterocycles. The van der Waals surface area contributed by atoms with Gasteiger partial charge in [-0.05, 0) is 42.5 Å². The largest absolute Gasteiger partial charge is 0.367 e. The van der Waals surface area contributed by atoms with E-state index in [1.54, 1.807) is 12.1 Å². The average molecular weight is 303 g/mol. The van der Waals surface area contributed by atoms with E-state index in [-0.39, 0.29) is 42.2 Å². The van der Waals surface area contributed by atoms with Gasteiger partial charge in [0.05, 0.1) is 18.5 Å². The number of hydrogen-bond acceptors (Lipinski definition) is 3. The van der Waals surface area contributed by atoms with Crippen LogP contribution in [0.3, 0.4) is 0 Å². The van der Waals surface area contributed by atoms with Crippen molar-refractivity contribution in [3.63, 3.8) is 0 Å². The lowest BCUT2D eigenvalue weighted by molar-refractivity contribution is -0.140. The molecule has 3 aliphatic rings. The number of anilines is 1. The predicted octanol–water partition coefficient (Wildman–Crippen LogP) is 2.52. The Hall–Kier alpha value is -1.81. The topological polar surface area (TPSA) is 49.4 Å². The molecule has 2 bridgehead atoms. The summed E-state index contributed by atoms with van der Waals surface area (Å²) in [5.41, 5.74) is 0.846. The molecule has 108 valence electrons. The van der Waals surface area contributed by atoms with Crippen molar-refractivity contribution in [3.05, 3.63) is 41.4 Å². The SMILES string of the molecule is O=C1[C@H]2[C@H](C(=O)N1CNc1ccc(Cl)cc1)[C@H]1C=C[C@H]2C1. The molecule has 1 aromatic rings. The number of carbonyl (C=O) groups is 2. The first-order valence-corrected chi connectivity index (χ1v) is 7.56. The minimum Gasteiger partial charge on any atom is -0.367 e. The van der Waals surface area contributed by atoms with Crippen molar-refractivity contribution in [3.8, 4) is 0 Å². The molecular formula is C16H15ClN2O2. The van der Waals surface area contributed by atoms with Gasteiger partial charge in [-0.1, -0.05) is 23.8 Å². The summed E-state index contributed by atoms with van der Waals surface area (Å²) >= 11 is 5.84. The monoisotopic (exact) mass is 302 g/mol. The van der Waals surface area contributed by atoms with Gasteiger partial charge in [0.25, 0.3) is 0 Å². The quantitative estimate of drug-likeness (QED) is 0.689. The zero-order valence-corrected chi connectivity index (χ0v) is 12.1. The number of carbonyl (C=O) groups excluding carboxylic acids is 2. The van der Waals surface area contributed by atoms with Crippen LogP contribution in [0.1, 0.15) is 6.42 Å². The molecule has 0 unspecified atom stereocenters. The maximum Gasteiger partial charge on any atom is 0.235 e. The van der Waals surface area contributed by atoms with Crippen molar-refractivity contribution in [2.45, 2.75) is 6.42 Å². The van der Waals surface area contributed by atoms with Crippen molar-refractivity contribution in [2.24, 2.45) is 23.7 Å². The summed E-state index contributed by atoms with van der Waals surface area (Å²) in [6.45, 7) is 0.228. The Morgan fingerprint density at radius 2 is 1.62 bits per heavy atom. The van der Waals surface area contributed by atoms with Crippen LogP contribution in [0, 0.1) is 23.7 Å². The summed E-state index contributed by atoms with van der Waals surface area (Å²) in [4.78, 5) is 26.3. The van der Waals surface area contributed by atoms with Crippen LogP contribution >= 0.6 is 11.6 Å². The van der Waals surface area contributed by atoms with Crippen molar-refractivity contribution in [2.75, 3.05) is 12.0 Å². The second kappa shape index (κ2) is 4.60. The lowest BCUT2D eigenvalue weighted by atomic mass is 9.85. The van der Waals surface area contributed by atoms with Gasteiger partial charge in [-0.3, -0.25) is 14.5 Å². The number of halogens is 1. The Bertz CT molecular complexity index is 610. The third-order valence-corrected chi connectivity index (χ3v) is 5.10.